The number of para-hydroxylation sites is 1. The second-order valence-electron chi connectivity index (χ2n) is 4.80. The number of fused-ring (bicyclic) bond motifs is 1. The van der Waals surface area contributed by atoms with Gasteiger partial charge in [0.25, 0.3) is 5.91 Å². The van der Waals surface area contributed by atoms with Gasteiger partial charge in [0.2, 0.25) is 0 Å². The van der Waals surface area contributed by atoms with Crippen LogP contribution in [-0.4, -0.2) is 15.7 Å². The van der Waals surface area contributed by atoms with Gasteiger partial charge in [-0.15, -0.1) is 0 Å². The first-order valence-electron chi connectivity index (χ1n) is 6.59. The lowest BCUT2D eigenvalue weighted by atomic mass is 10.2. The van der Waals surface area contributed by atoms with Gasteiger partial charge < -0.3 is 5.32 Å². The van der Waals surface area contributed by atoms with Gasteiger partial charge in [0.05, 0.1) is 5.52 Å². The first-order valence-corrected chi connectivity index (χ1v) is 7.39. The Kier molecular flexibility index (Phi) is 3.75. The van der Waals surface area contributed by atoms with Crippen molar-refractivity contribution in [3.05, 3.63) is 64.3 Å². The maximum atomic E-state index is 12.3. The Morgan fingerprint density at radius 2 is 2.05 bits per heavy atom. The van der Waals surface area contributed by atoms with Crippen LogP contribution in [0.2, 0.25) is 0 Å². The summed E-state index contributed by atoms with van der Waals surface area (Å²) in [6.45, 7) is 0.475. The van der Waals surface area contributed by atoms with E-state index in [1.54, 1.807) is 4.68 Å². The molecule has 3 aromatic rings. The molecular formula is C16H14BrN3O. The fraction of sp³-hybridized carbons (Fsp3) is 0.125. The zero-order chi connectivity index (χ0) is 14.8. The summed E-state index contributed by atoms with van der Waals surface area (Å²) in [6.07, 6.45) is 0. The molecule has 1 N–H and O–H groups in total. The highest BCUT2D eigenvalue weighted by molar-refractivity contribution is 9.10. The molecule has 0 aliphatic carbocycles. The molecule has 0 bridgehead atoms. The van der Waals surface area contributed by atoms with Crippen molar-refractivity contribution in [3.63, 3.8) is 0 Å². The first kappa shape index (κ1) is 13.8. The van der Waals surface area contributed by atoms with Crippen LogP contribution in [0.5, 0.6) is 0 Å². The van der Waals surface area contributed by atoms with Crippen molar-refractivity contribution >= 4 is 32.7 Å². The van der Waals surface area contributed by atoms with Gasteiger partial charge in [-0.3, -0.25) is 9.48 Å². The summed E-state index contributed by atoms with van der Waals surface area (Å²) in [5.74, 6) is -0.160. The SMILES string of the molecule is Cn1nc(C(=O)NCc2cccc(Br)c2)c2ccccc21. The lowest BCUT2D eigenvalue weighted by Crippen LogP contribution is -2.23. The van der Waals surface area contributed by atoms with E-state index in [1.165, 1.54) is 0 Å². The van der Waals surface area contributed by atoms with E-state index in [0.717, 1.165) is 20.9 Å². The maximum Gasteiger partial charge on any atom is 0.272 e. The summed E-state index contributed by atoms with van der Waals surface area (Å²) in [6, 6.07) is 15.6. The van der Waals surface area contributed by atoms with Gasteiger partial charge in [-0.25, -0.2) is 0 Å². The summed E-state index contributed by atoms with van der Waals surface area (Å²) in [5.41, 5.74) is 2.45. The lowest BCUT2D eigenvalue weighted by molar-refractivity contribution is 0.0947. The monoisotopic (exact) mass is 343 g/mol. The van der Waals surface area contributed by atoms with Crippen molar-refractivity contribution in [1.29, 1.82) is 0 Å². The molecule has 3 rings (SSSR count). The third-order valence-electron chi connectivity index (χ3n) is 3.31. The van der Waals surface area contributed by atoms with Crippen molar-refractivity contribution in [3.8, 4) is 0 Å². The van der Waals surface area contributed by atoms with Crippen molar-refractivity contribution < 1.29 is 4.79 Å². The van der Waals surface area contributed by atoms with Gasteiger partial charge in [0.15, 0.2) is 5.69 Å². The molecule has 0 atom stereocenters. The van der Waals surface area contributed by atoms with Gasteiger partial charge in [0, 0.05) is 23.5 Å². The molecule has 0 saturated heterocycles. The highest BCUT2D eigenvalue weighted by Crippen LogP contribution is 2.17. The van der Waals surface area contributed by atoms with Crippen LogP contribution in [0.25, 0.3) is 10.9 Å². The molecule has 21 heavy (non-hydrogen) atoms. The molecule has 1 aromatic heterocycles. The normalized spacial score (nSPS) is 10.8. The van der Waals surface area contributed by atoms with Gasteiger partial charge in [-0.1, -0.05) is 46.3 Å². The van der Waals surface area contributed by atoms with Crippen LogP contribution in [0.1, 0.15) is 16.1 Å². The van der Waals surface area contributed by atoms with Gasteiger partial charge in [-0.05, 0) is 23.8 Å². The highest BCUT2D eigenvalue weighted by atomic mass is 79.9. The summed E-state index contributed by atoms with van der Waals surface area (Å²) < 4.78 is 2.72. The number of nitrogens with one attached hydrogen (secondary N) is 1. The number of hydrogen-bond acceptors (Lipinski definition) is 2. The number of hydrogen-bond donors (Lipinski definition) is 1. The summed E-state index contributed by atoms with van der Waals surface area (Å²) >= 11 is 3.42. The van der Waals surface area contributed by atoms with E-state index >= 15 is 0 Å². The quantitative estimate of drug-likeness (QED) is 0.793. The maximum absolute atomic E-state index is 12.3. The summed E-state index contributed by atoms with van der Waals surface area (Å²) in [5, 5.41) is 8.09. The molecule has 0 aliphatic heterocycles. The van der Waals surface area contributed by atoms with E-state index in [-0.39, 0.29) is 5.91 Å². The van der Waals surface area contributed by atoms with E-state index in [9.17, 15) is 4.79 Å². The minimum absolute atomic E-state index is 0.160. The molecule has 106 valence electrons. The fourth-order valence-corrected chi connectivity index (χ4v) is 2.74. The Morgan fingerprint density at radius 1 is 1.24 bits per heavy atom. The van der Waals surface area contributed by atoms with Crippen LogP contribution < -0.4 is 5.32 Å². The Morgan fingerprint density at radius 3 is 2.86 bits per heavy atom. The van der Waals surface area contributed by atoms with Gasteiger partial charge >= 0.3 is 0 Å². The Labute approximate surface area is 130 Å². The molecule has 0 saturated carbocycles. The first-order chi connectivity index (χ1) is 10.1. The highest BCUT2D eigenvalue weighted by Gasteiger charge is 2.15. The standard InChI is InChI=1S/C16H14BrN3O/c1-20-14-8-3-2-7-13(14)15(19-20)16(21)18-10-11-5-4-6-12(17)9-11/h2-9H,10H2,1H3,(H,18,21). The minimum atomic E-state index is -0.160. The minimum Gasteiger partial charge on any atom is -0.347 e. The average molecular weight is 344 g/mol. The number of carbonyl (C=O) groups excluding carboxylic acids is 1. The molecule has 1 heterocycles. The van der Waals surface area contributed by atoms with E-state index in [0.29, 0.717) is 12.2 Å². The zero-order valence-corrected chi connectivity index (χ0v) is 13.1. The smallest absolute Gasteiger partial charge is 0.272 e. The molecule has 0 aliphatic rings. The van der Waals surface area contributed by atoms with E-state index in [1.807, 2.05) is 55.6 Å². The molecule has 2 aromatic carbocycles. The molecule has 5 heteroatoms. The van der Waals surface area contributed by atoms with Gasteiger partial charge in [-0.2, -0.15) is 5.10 Å². The van der Waals surface area contributed by atoms with E-state index in [4.69, 9.17) is 0 Å². The Hall–Kier alpha value is -2.14. The topological polar surface area (TPSA) is 46.9 Å². The van der Waals surface area contributed by atoms with Crippen molar-refractivity contribution in [2.45, 2.75) is 6.54 Å². The molecule has 4 nitrogen and oxygen atoms in total. The molecular weight excluding hydrogens is 330 g/mol. The van der Waals surface area contributed by atoms with Crippen LogP contribution in [0.15, 0.2) is 53.0 Å². The largest absolute Gasteiger partial charge is 0.347 e. The third kappa shape index (κ3) is 2.83. The Bertz CT molecular complexity index is 810. The summed E-state index contributed by atoms with van der Waals surface area (Å²) in [4.78, 5) is 12.3. The zero-order valence-electron chi connectivity index (χ0n) is 11.5. The number of aromatic nitrogens is 2. The number of benzene rings is 2. The van der Waals surface area contributed by atoms with Crippen LogP contribution in [0.3, 0.4) is 0 Å². The number of nitrogens with zero attached hydrogens (tertiary/aromatic N) is 2. The molecule has 0 fully saturated rings. The van der Waals surface area contributed by atoms with Crippen molar-refractivity contribution in [2.75, 3.05) is 0 Å². The van der Waals surface area contributed by atoms with Crippen LogP contribution in [0, 0.1) is 0 Å². The second-order valence-corrected chi connectivity index (χ2v) is 5.72. The fourth-order valence-electron chi connectivity index (χ4n) is 2.29. The number of aryl methyl sites for hydroxylation is 1. The average Bonchev–Trinajstić information content (AvgIpc) is 2.83. The predicted octanol–water partition coefficient (Wildman–Crippen LogP) is 3.27. The van der Waals surface area contributed by atoms with Crippen molar-refractivity contribution in [2.24, 2.45) is 7.05 Å². The van der Waals surface area contributed by atoms with Crippen LogP contribution >= 0.6 is 15.9 Å². The predicted molar refractivity (Wildman–Crippen MR) is 86.0 cm³/mol. The number of halogens is 1. The molecule has 0 radical (unpaired) electrons. The van der Waals surface area contributed by atoms with Crippen LogP contribution in [-0.2, 0) is 13.6 Å². The van der Waals surface area contributed by atoms with E-state index in [2.05, 4.69) is 26.3 Å². The molecule has 1 amide bonds. The number of carbonyl (C=O) groups is 1. The van der Waals surface area contributed by atoms with Crippen LogP contribution in [0.4, 0.5) is 0 Å². The van der Waals surface area contributed by atoms with Gasteiger partial charge in [0.1, 0.15) is 0 Å². The Balaban J connectivity index is 1.81. The molecule has 0 spiro atoms. The number of rotatable bonds is 3. The molecule has 0 unspecified atom stereocenters. The third-order valence-corrected chi connectivity index (χ3v) is 3.81. The second kappa shape index (κ2) is 5.69. The summed E-state index contributed by atoms with van der Waals surface area (Å²) in [7, 11) is 1.84. The number of amides is 1. The lowest BCUT2D eigenvalue weighted by Gasteiger charge is -2.04. The van der Waals surface area contributed by atoms with Crippen molar-refractivity contribution in [1.82, 2.24) is 15.1 Å². The van der Waals surface area contributed by atoms with E-state index < -0.39 is 0 Å².